The molecule has 1 amide bonds. The molecule has 0 radical (unpaired) electrons. The smallest absolute Gasteiger partial charge is 0.257 e. The van der Waals surface area contributed by atoms with Crippen LogP contribution in [-0.2, 0) is 10.0 Å². The minimum absolute atomic E-state index is 0.0883. The van der Waals surface area contributed by atoms with Gasteiger partial charge in [-0.25, -0.2) is 18.1 Å². The van der Waals surface area contributed by atoms with Crippen molar-refractivity contribution in [3.05, 3.63) is 58.7 Å². The molecule has 2 aromatic heterocycles. The Morgan fingerprint density at radius 1 is 1.22 bits per heavy atom. The first-order valence-electron chi connectivity index (χ1n) is 8.04. The van der Waals surface area contributed by atoms with E-state index in [9.17, 15) is 13.2 Å². The highest BCUT2D eigenvalue weighted by atomic mass is 32.2. The number of carbonyl (C=O) groups excluding carboxylic acids is 1. The average molecular weight is 403 g/mol. The van der Waals surface area contributed by atoms with E-state index in [1.54, 1.807) is 32.3 Å². The lowest BCUT2D eigenvalue weighted by Crippen LogP contribution is -2.21. The number of nitrogens with zero attached hydrogens (tertiary/aromatic N) is 2. The van der Waals surface area contributed by atoms with E-state index in [0.29, 0.717) is 22.0 Å². The highest BCUT2D eigenvalue weighted by molar-refractivity contribution is 7.89. The molecule has 9 heteroatoms. The van der Waals surface area contributed by atoms with Gasteiger partial charge in [0, 0.05) is 28.9 Å². The number of thiazole rings is 1. The third kappa shape index (κ3) is 4.05. The number of rotatable bonds is 5. The number of aromatic nitrogens is 2. The first kappa shape index (κ1) is 19.2. The number of aryl methyl sites for hydroxylation is 1. The van der Waals surface area contributed by atoms with Crippen LogP contribution in [0, 0.1) is 13.8 Å². The fourth-order valence-electron chi connectivity index (χ4n) is 2.49. The van der Waals surface area contributed by atoms with Crippen molar-refractivity contribution in [1.29, 1.82) is 0 Å². The predicted octanol–water partition coefficient (Wildman–Crippen LogP) is 2.98. The maximum atomic E-state index is 12.6. The Balaban J connectivity index is 1.88. The van der Waals surface area contributed by atoms with E-state index in [-0.39, 0.29) is 10.5 Å². The number of carbonyl (C=O) groups is 1. The van der Waals surface area contributed by atoms with Gasteiger partial charge >= 0.3 is 0 Å². The van der Waals surface area contributed by atoms with Crippen molar-refractivity contribution >= 4 is 32.4 Å². The van der Waals surface area contributed by atoms with Gasteiger partial charge in [-0.1, -0.05) is 0 Å². The van der Waals surface area contributed by atoms with Crippen LogP contribution in [0.15, 0.2) is 46.9 Å². The van der Waals surface area contributed by atoms with Crippen molar-refractivity contribution in [2.45, 2.75) is 18.7 Å². The summed E-state index contributed by atoms with van der Waals surface area (Å²) in [6.07, 6.45) is 3.37. The molecule has 0 bridgehead atoms. The minimum atomic E-state index is -3.66. The lowest BCUT2D eigenvalue weighted by atomic mass is 10.1. The Bertz CT molecular complexity index is 1090. The topological polar surface area (TPSA) is 101 Å². The van der Waals surface area contributed by atoms with E-state index in [2.05, 4.69) is 20.0 Å². The van der Waals surface area contributed by atoms with Gasteiger partial charge in [0.1, 0.15) is 0 Å². The molecule has 0 spiro atoms. The second-order valence-corrected chi connectivity index (χ2v) is 8.57. The van der Waals surface area contributed by atoms with Crippen LogP contribution >= 0.6 is 11.3 Å². The van der Waals surface area contributed by atoms with Gasteiger partial charge in [0.15, 0.2) is 5.13 Å². The summed E-state index contributed by atoms with van der Waals surface area (Å²) in [5, 5.41) is 4.97. The van der Waals surface area contributed by atoms with Crippen molar-refractivity contribution in [3.63, 3.8) is 0 Å². The molecular weight excluding hydrogens is 384 g/mol. The predicted molar refractivity (Wildman–Crippen MR) is 105 cm³/mol. The third-order valence-electron chi connectivity index (χ3n) is 4.12. The summed E-state index contributed by atoms with van der Waals surface area (Å²) in [5.74, 6) is -0.419. The lowest BCUT2D eigenvalue weighted by Gasteiger charge is -2.12. The van der Waals surface area contributed by atoms with Crippen molar-refractivity contribution in [1.82, 2.24) is 14.7 Å². The second kappa shape index (κ2) is 7.55. The SMILES string of the molecule is CNS(=O)(=O)c1cc(C(=O)Nc2nc(-c3cccnc3)cs2)cc(C)c1C. The van der Waals surface area contributed by atoms with Crippen molar-refractivity contribution in [3.8, 4) is 11.3 Å². The number of anilines is 1. The van der Waals surface area contributed by atoms with Crippen LogP contribution < -0.4 is 10.0 Å². The average Bonchev–Trinajstić information content (AvgIpc) is 3.12. The fourth-order valence-corrected chi connectivity index (χ4v) is 4.28. The number of sulfonamides is 1. The van der Waals surface area contributed by atoms with Gasteiger partial charge in [-0.05, 0) is 56.3 Å². The van der Waals surface area contributed by atoms with Crippen molar-refractivity contribution in [2.24, 2.45) is 0 Å². The molecule has 1 aromatic carbocycles. The Hall–Kier alpha value is -2.62. The molecule has 0 aliphatic rings. The monoisotopic (exact) mass is 402 g/mol. The lowest BCUT2D eigenvalue weighted by molar-refractivity contribution is 0.102. The summed E-state index contributed by atoms with van der Waals surface area (Å²) >= 11 is 1.29. The zero-order valence-corrected chi connectivity index (χ0v) is 16.6. The molecule has 0 atom stereocenters. The zero-order chi connectivity index (χ0) is 19.6. The molecule has 140 valence electrons. The molecule has 0 unspecified atom stereocenters. The Kier molecular flexibility index (Phi) is 5.36. The van der Waals surface area contributed by atoms with Crippen LogP contribution in [-0.4, -0.2) is 31.3 Å². The van der Waals surface area contributed by atoms with E-state index in [1.807, 2.05) is 17.5 Å². The number of benzene rings is 1. The number of amides is 1. The molecule has 2 heterocycles. The van der Waals surface area contributed by atoms with E-state index < -0.39 is 15.9 Å². The highest BCUT2D eigenvalue weighted by Gasteiger charge is 2.20. The third-order valence-corrected chi connectivity index (χ3v) is 6.42. The van der Waals surface area contributed by atoms with E-state index in [4.69, 9.17) is 0 Å². The first-order chi connectivity index (χ1) is 12.8. The zero-order valence-electron chi connectivity index (χ0n) is 15.0. The summed E-state index contributed by atoms with van der Waals surface area (Å²) in [7, 11) is -2.32. The fraction of sp³-hybridized carbons (Fsp3) is 0.167. The number of pyridine rings is 1. The van der Waals surface area contributed by atoms with Crippen LogP contribution in [0.5, 0.6) is 0 Å². The van der Waals surface area contributed by atoms with Crippen molar-refractivity contribution in [2.75, 3.05) is 12.4 Å². The largest absolute Gasteiger partial charge is 0.298 e. The molecule has 3 rings (SSSR count). The van der Waals surface area contributed by atoms with Crippen molar-refractivity contribution < 1.29 is 13.2 Å². The summed E-state index contributed by atoms with van der Waals surface area (Å²) in [5.41, 5.74) is 3.13. The Morgan fingerprint density at radius 3 is 2.67 bits per heavy atom. The molecule has 27 heavy (non-hydrogen) atoms. The van der Waals surface area contributed by atoms with Gasteiger partial charge in [0.25, 0.3) is 5.91 Å². The molecule has 0 saturated carbocycles. The van der Waals surface area contributed by atoms with Gasteiger partial charge in [-0.2, -0.15) is 0 Å². The summed E-state index contributed by atoms with van der Waals surface area (Å²) < 4.78 is 26.7. The van der Waals surface area contributed by atoms with Gasteiger partial charge in [-0.3, -0.25) is 15.1 Å². The van der Waals surface area contributed by atoms with Crippen LogP contribution in [0.1, 0.15) is 21.5 Å². The maximum Gasteiger partial charge on any atom is 0.257 e. The summed E-state index contributed by atoms with van der Waals surface area (Å²) in [6, 6.07) is 6.73. The number of nitrogens with one attached hydrogen (secondary N) is 2. The maximum absolute atomic E-state index is 12.6. The second-order valence-electron chi connectivity index (χ2n) is 5.86. The van der Waals surface area contributed by atoms with Crippen LogP contribution in [0.2, 0.25) is 0 Å². The molecule has 2 N–H and O–H groups in total. The molecule has 0 fully saturated rings. The molecule has 3 aromatic rings. The number of hydrogen-bond acceptors (Lipinski definition) is 6. The van der Waals surface area contributed by atoms with Gasteiger partial charge in [-0.15, -0.1) is 11.3 Å². The standard InChI is InChI=1S/C18H18N4O3S2/c1-11-7-14(8-16(12(11)2)27(24,25)19-3)17(23)22-18-21-15(10-26-18)13-5-4-6-20-9-13/h4-10,19H,1-3H3,(H,21,22,23). The first-order valence-corrected chi connectivity index (χ1v) is 10.4. The minimum Gasteiger partial charge on any atom is -0.298 e. The van der Waals surface area contributed by atoms with E-state index in [1.165, 1.54) is 24.5 Å². The van der Waals surface area contributed by atoms with E-state index in [0.717, 1.165) is 5.56 Å². The normalized spacial score (nSPS) is 11.4. The van der Waals surface area contributed by atoms with Gasteiger partial charge < -0.3 is 0 Å². The molecule has 0 aliphatic carbocycles. The Labute approximate surface area is 161 Å². The number of hydrogen-bond donors (Lipinski definition) is 2. The highest BCUT2D eigenvalue weighted by Crippen LogP contribution is 2.26. The molecule has 7 nitrogen and oxygen atoms in total. The quantitative estimate of drug-likeness (QED) is 0.683. The summed E-state index contributed by atoms with van der Waals surface area (Å²) in [6.45, 7) is 3.48. The molecule has 0 saturated heterocycles. The summed E-state index contributed by atoms with van der Waals surface area (Å²) in [4.78, 5) is 21.1. The van der Waals surface area contributed by atoms with Gasteiger partial charge in [0.05, 0.1) is 10.6 Å². The van der Waals surface area contributed by atoms with E-state index >= 15 is 0 Å². The molecule has 0 aliphatic heterocycles. The van der Waals surface area contributed by atoms with Crippen LogP contribution in [0.25, 0.3) is 11.3 Å². The molecular formula is C18H18N4O3S2. The van der Waals surface area contributed by atoms with Crippen LogP contribution in [0.4, 0.5) is 5.13 Å². The Morgan fingerprint density at radius 2 is 2.00 bits per heavy atom. The van der Waals surface area contributed by atoms with Gasteiger partial charge in [0.2, 0.25) is 10.0 Å². The van der Waals surface area contributed by atoms with Crippen LogP contribution in [0.3, 0.4) is 0 Å².